The van der Waals surface area contributed by atoms with Crippen LogP contribution in [0.15, 0.2) is 24.3 Å². The molecule has 2 unspecified atom stereocenters. The summed E-state index contributed by atoms with van der Waals surface area (Å²) < 4.78 is 5.72. The number of halogens is 1. The fourth-order valence-corrected chi connectivity index (χ4v) is 2.26. The van der Waals surface area contributed by atoms with Crippen molar-refractivity contribution < 1.29 is 9.53 Å². The number of amides is 1. The van der Waals surface area contributed by atoms with E-state index in [1.54, 1.807) is 0 Å². The molecule has 4 nitrogen and oxygen atoms in total. The highest BCUT2D eigenvalue weighted by Crippen LogP contribution is 2.29. The molecule has 0 aliphatic carbocycles. The number of ether oxygens (including phenoxy) is 1. The number of hydrogen-bond acceptors (Lipinski definition) is 3. The number of benzene rings is 1. The summed E-state index contributed by atoms with van der Waals surface area (Å²) in [7, 11) is 0. The molecule has 0 radical (unpaired) electrons. The second kappa shape index (κ2) is 8.25. The first kappa shape index (κ1) is 17.0. The van der Waals surface area contributed by atoms with Crippen LogP contribution in [0.5, 0.6) is 0 Å². The van der Waals surface area contributed by atoms with Crippen LogP contribution in [-0.4, -0.2) is 25.6 Å². The van der Waals surface area contributed by atoms with Crippen LogP contribution in [0.2, 0.25) is 0 Å². The van der Waals surface area contributed by atoms with E-state index in [2.05, 4.69) is 17.4 Å². The molecule has 112 valence electrons. The Balaban J connectivity index is 0.00000200. The Bertz CT molecular complexity index is 440. The smallest absolute Gasteiger partial charge is 0.222 e. The van der Waals surface area contributed by atoms with Gasteiger partial charge in [0.25, 0.3) is 0 Å². The van der Waals surface area contributed by atoms with Crippen molar-refractivity contribution in [2.75, 3.05) is 19.7 Å². The predicted octanol–water partition coefficient (Wildman–Crippen LogP) is 1.82. The second-order valence-corrected chi connectivity index (χ2v) is 5.16. The van der Waals surface area contributed by atoms with Crippen LogP contribution in [0, 0.1) is 5.92 Å². The van der Waals surface area contributed by atoms with Gasteiger partial charge in [0, 0.05) is 6.54 Å². The van der Waals surface area contributed by atoms with E-state index in [0.29, 0.717) is 32.0 Å². The van der Waals surface area contributed by atoms with Crippen molar-refractivity contribution in [1.82, 2.24) is 5.32 Å². The minimum atomic E-state index is -0.113. The Morgan fingerprint density at radius 3 is 3.00 bits per heavy atom. The molecule has 0 saturated heterocycles. The summed E-state index contributed by atoms with van der Waals surface area (Å²) in [6, 6.07) is 8.19. The standard InChI is InChI=1S/C15H22N2O2.ClH/c1-11(9-16)10-17-15(18)8-14-13-5-3-2-4-12(13)6-7-19-14;/h2-5,11,14H,6-10,16H2,1H3,(H,17,18);1H. The van der Waals surface area contributed by atoms with Crippen molar-refractivity contribution in [3.8, 4) is 0 Å². The fraction of sp³-hybridized carbons (Fsp3) is 0.533. The van der Waals surface area contributed by atoms with Crippen molar-refractivity contribution in [3.63, 3.8) is 0 Å². The third-order valence-electron chi connectivity index (χ3n) is 3.51. The monoisotopic (exact) mass is 298 g/mol. The third-order valence-corrected chi connectivity index (χ3v) is 3.51. The van der Waals surface area contributed by atoms with Gasteiger partial charge in [-0.3, -0.25) is 4.79 Å². The molecule has 0 bridgehead atoms. The molecule has 3 N–H and O–H groups in total. The van der Waals surface area contributed by atoms with Gasteiger partial charge in [-0.2, -0.15) is 0 Å². The SMILES string of the molecule is CC(CN)CNC(=O)CC1OCCc2ccccc21.Cl. The molecule has 1 amide bonds. The minimum absolute atomic E-state index is 0. The second-order valence-electron chi connectivity index (χ2n) is 5.16. The van der Waals surface area contributed by atoms with Gasteiger partial charge < -0.3 is 15.8 Å². The van der Waals surface area contributed by atoms with Gasteiger partial charge in [0.05, 0.1) is 19.1 Å². The molecule has 1 heterocycles. The average Bonchev–Trinajstić information content (AvgIpc) is 2.45. The van der Waals surface area contributed by atoms with Gasteiger partial charge in [-0.15, -0.1) is 12.4 Å². The summed E-state index contributed by atoms with van der Waals surface area (Å²) in [5.41, 5.74) is 7.97. The van der Waals surface area contributed by atoms with Gasteiger partial charge in [0.1, 0.15) is 0 Å². The highest BCUT2D eigenvalue weighted by Gasteiger charge is 2.22. The lowest BCUT2D eigenvalue weighted by atomic mass is 9.95. The summed E-state index contributed by atoms with van der Waals surface area (Å²) in [5.74, 6) is 0.338. The van der Waals surface area contributed by atoms with Crippen molar-refractivity contribution >= 4 is 18.3 Å². The van der Waals surface area contributed by atoms with E-state index in [0.717, 1.165) is 12.0 Å². The number of nitrogens with two attached hydrogens (primary N) is 1. The van der Waals surface area contributed by atoms with Crippen molar-refractivity contribution in [2.24, 2.45) is 11.7 Å². The van der Waals surface area contributed by atoms with E-state index in [1.807, 2.05) is 19.1 Å². The lowest BCUT2D eigenvalue weighted by molar-refractivity contribution is -0.124. The van der Waals surface area contributed by atoms with E-state index in [9.17, 15) is 4.79 Å². The maximum Gasteiger partial charge on any atom is 0.222 e. The third kappa shape index (κ3) is 4.47. The van der Waals surface area contributed by atoms with E-state index >= 15 is 0 Å². The van der Waals surface area contributed by atoms with E-state index < -0.39 is 0 Å². The molecule has 0 spiro atoms. The lowest BCUT2D eigenvalue weighted by Gasteiger charge is -2.25. The number of nitrogens with one attached hydrogen (secondary N) is 1. The number of carbonyl (C=O) groups excluding carboxylic acids is 1. The molecule has 1 aromatic rings. The quantitative estimate of drug-likeness (QED) is 0.871. The van der Waals surface area contributed by atoms with Crippen LogP contribution in [0.4, 0.5) is 0 Å². The molecule has 0 fully saturated rings. The van der Waals surface area contributed by atoms with Crippen LogP contribution in [0.25, 0.3) is 0 Å². The van der Waals surface area contributed by atoms with Gasteiger partial charge in [-0.1, -0.05) is 31.2 Å². The summed E-state index contributed by atoms with van der Waals surface area (Å²) in [5, 5.41) is 2.91. The normalized spacial score (nSPS) is 18.6. The van der Waals surface area contributed by atoms with Crippen LogP contribution in [0.1, 0.15) is 30.6 Å². The van der Waals surface area contributed by atoms with Gasteiger partial charge in [0.15, 0.2) is 0 Å². The zero-order valence-corrected chi connectivity index (χ0v) is 12.6. The van der Waals surface area contributed by atoms with E-state index in [1.165, 1.54) is 5.56 Å². The topological polar surface area (TPSA) is 64.3 Å². The zero-order chi connectivity index (χ0) is 13.7. The maximum atomic E-state index is 11.9. The fourth-order valence-electron chi connectivity index (χ4n) is 2.26. The molecular formula is C15H23ClN2O2. The average molecular weight is 299 g/mol. The van der Waals surface area contributed by atoms with Crippen LogP contribution < -0.4 is 11.1 Å². The molecule has 5 heteroatoms. The molecule has 1 aromatic carbocycles. The Labute approximate surface area is 126 Å². The molecule has 0 aromatic heterocycles. The Morgan fingerprint density at radius 2 is 2.25 bits per heavy atom. The number of hydrogen-bond donors (Lipinski definition) is 2. The van der Waals surface area contributed by atoms with E-state index in [-0.39, 0.29) is 24.4 Å². The van der Waals surface area contributed by atoms with Crippen LogP contribution in [0.3, 0.4) is 0 Å². The first-order valence-electron chi connectivity index (χ1n) is 6.87. The summed E-state index contributed by atoms with van der Waals surface area (Å²) in [4.78, 5) is 11.9. The summed E-state index contributed by atoms with van der Waals surface area (Å²) in [6.07, 6.45) is 1.20. The Morgan fingerprint density at radius 1 is 1.50 bits per heavy atom. The van der Waals surface area contributed by atoms with Crippen molar-refractivity contribution in [1.29, 1.82) is 0 Å². The Kier molecular flexibility index (Phi) is 6.99. The number of fused-ring (bicyclic) bond motifs is 1. The lowest BCUT2D eigenvalue weighted by Crippen LogP contribution is -2.33. The number of carbonyl (C=O) groups is 1. The molecule has 20 heavy (non-hydrogen) atoms. The highest BCUT2D eigenvalue weighted by molar-refractivity contribution is 5.85. The van der Waals surface area contributed by atoms with Gasteiger partial charge in [0.2, 0.25) is 5.91 Å². The van der Waals surface area contributed by atoms with Crippen molar-refractivity contribution in [3.05, 3.63) is 35.4 Å². The molecule has 0 saturated carbocycles. The first-order valence-corrected chi connectivity index (χ1v) is 6.87. The largest absolute Gasteiger partial charge is 0.373 e. The molecule has 2 rings (SSSR count). The summed E-state index contributed by atoms with van der Waals surface area (Å²) in [6.45, 7) is 3.92. The number of rotatable bonds is 5. The van der Waals surface area contributed by atoms with Gasteiger partial charge in [-0.25, -0.2) is 0 Å². The van der Waals surface area contributed by atoms with E-state index in [4.69, 9.17) is 10.5 Å². The van der Waals surface area contributed by atoms with Crippen LogP contribution in [-0.2, 0) is 16.0 Å². The highest BCUT2D eigenvalue weighted by atomic mass is 35.5. The van der Waals surface area contributed by atoms with Gasteiger partial charge >= 0.3 is 0 Å². The van der Waals surface area contributed by atoms with Gasteiger partial charge in [-0.05, 0) is 30.0 Å². The Hall–Kier alpha value is -1.10. The molecule has 2 atom stereocenters. The molecule has 1 aliphatic heterocycles. The zero-order valence-electron chi connectivity index (χ0n) is 11.8. The van der Waals surface area contributed by atoms with Crippen molar-refractivity contribution in [2.45, 2.75) is 25.9 Å². The minimum Gasteiger partial charge on any atom is -0.373 e. The molecular weight excluding hydrogens is 276 g/mol. The first-order chi connectivity index (χ1) is 9.20. The molecule has 1 aliphatic rings. The predicted molar refractivity (Wildman–Crippen MR) is 81.9 cm³/mol. The maximum absolute atomic E-state index is 11.9. The van der Waals surface area contributed by atoms with Crippen LogP contribution >= 0.6 is 12.4 Å². The summed E-state index contributed by atoms with van der Waals surface area (Å²) >= 11 is 0.